The normalized spacial score (nSPS) is 28.9. The number of rotatable bonds is 5. The monoisotopic (exact) mass is 271 g/mol. The Bertz CT molecular complexity index is 394. The Labute approximate surface area is 124 Å². The maximum absolute atomic E-state index is 3.89. The molecule has 0 unspecified atom stereocenters. The van der Waals surface area contributed by atoms with Crippen LogP contribution in [0.25, 0.3) is 0 Å². The van der Waals surface area contributed by atoms with E-state index in [2.05, 4.69) is 42.6 Å². The summed E-state index contributed by atoms with van der Waals surface area (Å²) in [6.45, 7) is 3.64. The van der Waals surface area contributed by atoms with Gasteiger partial charge in [0.05, 0.1) is 0 Å². The number of hydrogen-bond donors (Lipinski definition) is 1. The quantitative estimate of drug-likeness (QED) is 0.804. The minimum Gasteiger partial charge on any atom is -0.313 e. The second-order valence-corrected chi connectivity index (χ2v) is 7.05. The van der Waals surface area contributed by atoms with Crippen molar-refractivity contribution in [1.29, 1.82) is 0 Å². The van der Waals surface area contributed by atoms with Crippen molar-refractivity contribution in [1.82, 2.24) is 5.32 Å². The van der Waals surface area contributed by atoms with E-state index in [1.165, 1.54) is 57.9 Å². The van der Waals surface area contributed by atoms with E-state index < -0.39 is 0 Å². The minimum absolute atomic E-state index is 0.663. The van der Waals surface area contributed by atoms with Crippen LogP contribution < -0.4 is 5.32 Å². The van der Waals surface area contributed by atoms with Crippen molar-refractivity contribution in [2.75, 3.05) is 6.54 Å². The first kappa shape index (κ1) is 14.1. The van der Waals surface area contributed by atoms with Crippen molar-refractivity contribution < 1.29 is 0 Å². The first-order valence-corrected chi connectivity index (χ1v) is 8.60. The molecule has 2 aliphatic rings. The van der Waals surface area contributed by atoms with Crippen LogP contribution in [0.4, 0.5) is 0 Å². The molecule has 0 heterocycles. The fraction of sp³-hybridized carbons (Fsp3) is 0.684. The van der Waals surface area contributed by atoms with E-state index in [1.807, 2.05) is 0 Å². The van der Waals surface area contributed by atoms with Gasteiger partial charge in [-0.25, -0.2) is 0 Å². The molecule has 0 bridgehead atoms. The second kappa shape index (κ2) is 6.30. The molecule has 0 amide bonds. The molecular weight excluding hydrogens is 242 g/mol. The molecule has 0 aromatic heterocycles. The summed E-state index contributed by atoms with van der Waals surface area (Å²) in [5.74, 6) is 0.804. The number of nitrogens with one attached hydrogen (secondary N) is 1. The zero-order valence-corrected chi connectivity index (χ0v) is 12.9. The lowest BCUT2D eigenvalue weighted by atomic mass is 9.67. The zero-order chi connectivity index (χ0) is 13.8. The first-order chi connectivity index (χ1) is 9.81. The van der Waals surface area contributed by atoms with Gasteiger partial charge in [0, 0.05) is 12.6 Å². The molecule has 1 aromatic rings. The average molecular weight is 271 g/mol. The van der Waals surface area contributed by atoms with Crippen molar-refractivity contribution in [3.8, 4) is 0 Å². The third-order valence-corrected chi connectivity index (χ3v) is 5.93. The fourth-order valence-electron chi connectivity index (χ4n) is 4.05. The van der Waals surface area contributed by atoms with E-state index in [0.29, 0.717) is 5.41 Å². The number of hydrogen-bond acceptors (Lipinski definition) is 1. The lowest BCUT2D eigenvalue weighted by molar-refractivity contribution is 0.115. The molecule has 0 aliphatic heterocycles. The predicted molar refractivity (Wildman–Crippen MR) is 86.0 cm³/mol. The Hall–Kier alpha value is -0.820. The lowest BCUT2D eigenvalue weighted by Crippen LogP contribution is -2.44. The van der Waals surface area contributed by atoms with Crippen molar-refractivity contribution in [3.05, 3.63) is 35.9 Å². The van der Waals surface area contributed by atoms with Crippen molar-refractivity contribution >= 4 is 0 Å². The molecule has 0 spiro atoms. The van der Waals surface area contributed by atoms with Crippen LogP contribution in [-0.2, 0) is 0 Å². The van der Waals surface area contributed by atoms with Gasteiger partial charge in [-0.3, -0.25) is 0 Å². The van der Waals surface area contributed by atoms with E-state index in [1.54, 1.807) is 5.56 Å². The van der Waals surface area contributed by atoms with E-state index >= 15 is 0 Å². The summed E-state index contributed by atoms with van der Waals surface area (Å²) >= 11 is 0. The van der Waals surface area contributed by atoms with Gasteiger partial charge in [-0.05, 0) is 61.8 Å². The molecule has 1 aromatic carbocycles. The van der Waals surface area contributed by atoms with Crippen LogP contribution >= 0.6 is 0 Å². The molecule has 1 heteroatoms. The van der Waals surface area contributed by atoms with Gasteiger partial charge in [0.15, 0.2) is 0 Å². The Kier molecular flexibility index (Phi) is 4.45. The van der Waals surface area contributed by atoms with Gasteiger partial charge < -0.3 is 5.32 Å². The van der Waals surface area contributed by atoms with Crippen LogP contribution in [0.2, 0.25) is 0 Å². The van der Waals surface area contributed by atoms with E-state index in [4.69, 9.17) is 0 Å². The SMILES string of the molecule is CCC1(CNC2CCC(c3ccccc3)CC2)CCC1. The van der Waals surface area contributed by atoms with Crippen LogP contribution in [0.5, 0.6) is 0 Å². The molecule has 2 fully saturated rings. The summed E-state index contributed by atoms with van der Waals surface area (Å²) in [6, 6.07) is 11.9. The van der Waals surface area contributed by atoms with Gasteiger partial charge in [-0.15, -0.1) is 0 Å². The van der Waals surface area contributed by atoms with Crippen molar-refractivity contribution in [3.63, 3.8) is 0 Å². The van der Waals surface area contributed by atoms with Gasteiger partial charge >= 0.3 is 0 Å². The summed E-state index contributed by atoms with van der Waals surface area (Å²) in [7, 11) is 0. The molecule has 2 saturated carbocycles. The van der Waals surface area contributed by atoms with Crippen LogP contribution in [0, 0.1) is 5.41 Å². The third kappa shape index (κ3) is 3.09. The molecule has 0 saturated heterocycles. The molecule has 2 aliphatic carbocycles. The van der Waals surface area contributed by atoms with Gasteiger partial charge in [-0.2, -0.15) is 0 Å². The van der Waals surface area contributed by atoms with Crippen LogP contribution in [0.1, 0.15) is 69.8 Å². The van der Waals surface area contributed by atoms with Gasteiger partial charge in [0.25, 0.3) is 0 Å². The highest BCUT2D eigenvalue weighted by Crippen LogP contribution is 2.43. The molecule has 110 valence electrons. The third-order valence-electron chi connectivity index (χ3n) is 5.93. The maximum Gasteiger partial charge on any atom is 0.00677 e. The summed E-state index contributed by atoms with van der Waals surface area (Å²) in [5, 5.41) is 3.89. The van der Waals surface area contributed by atoms with Gasteiger partial charge in [0.2, 0.25) is 0 Å². The Morgan fingerprint density at radius 2 is 1.75 bits per heavy atom. The highest BCUT2D eigenvalue weighted by atomic mass is 14.9. The minimum atomic E-state index is 0.663. The molecule has 1 N–H and O–H groups in total. The van der Waals surface area contributed by atoms with Crippen molar-refractivity contribution in [2.45, 2.75) is 70.3 Å². The van der Waals surface area contributed by atoms with Gasteiger partial charge in [0.1, 0.15) is 0 Å². The summed E-state index contributed by atoms with van der Waals surface area (Å²) in [5.41, 5.74) is 2.21. The smallest absolute Gasteiger partial charge is 0.00677 e. The van der Waals surface area contributed by atoms with E-state index in [-0.39, 0.29) is 0 Å². The topological polar surface area (TPSA) is 12.0 Å². The van der Waals surface area contributed by atoms with Crippen LogP contribution in [0.3, 0.4) is 0 Å². The lowest BCUT2D eigenvalue weighted by Gasteiger charge is -2.43. The standard InChI is InChI=1S/C19H29N/c1-2-19(13-6-14-19)15-20-18-11-9-17(10-12-18)16-7-4-3-5-8-16/h3-5,7-8,17-18,20H,2,6,9-15H2,1H3. The molecule has 0 radical (unpaired) electrons. The molecular formula is C19H29N. The highest BCUT2D eigenvalue weighted by molar-refractivity contribution is 5.20. The average Bonchev–Trinajstić information content (AvgIpc) is 2.48. The highest BCUT2D eigenvalue weighted by Gasteiger charge is 2.35. The molecule has 20 heavy (non-hydrogen) atoms. The van der Waals surface area contributed by atoms with E-state index in [9.17, 15) is 0 Å². The Balaban J connectivity index is 1.44. The fourth-order valence-corrected chi connectivity index (χ4v) is 4.05. The zero-order valence-electron chi connectivity index (χ0n) is 12.9. The van der Waals surface area contributed by atoms with Crippen LogP contribution in [0.15, 0.2) is 30.3 Å². The predicted octanol–water partition coefficient (Wildman–Crippen LogP) is 4.88. The molecule has 0 atom stereocenters. The summed E-state index contributed by atoms with van der Waals surface area (Å²) in [6.07, 6.45) is 11.2. The van der Waals surface area contributed by atoms with Crippen LogP contribution in [-0.4, -0.2) is 12.6 Å². The number of benzene rings is 1. The molecule has 1 nitrogen and oxygen atoms in total. The van der Waals surface area contributed by atoms with E-state index in [0.717, 1.165) is 12.0 Å². The van der Waals surface area contributed by atoms with Crippen molar-refractivity contribution in [2.24, 2.45) is 5.41 Å². The summed E-state index contributed by atoms with van der Waals surface area (Å²) < 4.78 is 0. The Morgan fingerprint density at radius 3 is 2.30 bits per heavy atom. The van der Waals surface area contributed by atoms with Gasteiger partial charge in [-0.1, -0.05) is 43.7 Å². The molecule has 3 rings (SSSR count). The Morgan fingerprint density at radius 1 is 1.05 bits per heavy atom. The maximum atomic E-state index is 3.89. The second-order valence-electron chi connectivity index (χ2n) is 7.05. The summed E-state index contributed by atoms with van der Waals surface area (Å²) in [4.78, 5) is 0. The first-order valence-electron chi connectivity index (χ1n) is 8.60. The largest absolute Gasteiger partial charge is 0.313 e.